The Morgan fingerprint density at radius 2 is 1.36 bits per heavy atom. The van der Waals surface area contributed by atoms with E-state index in [9.17, 15) is 0 Å². The second-order valence-electron chi connectivity index (χ2n) is 14.0. The van der Waals surface area contributed by atoms with Crippen molar-refractivity contribution in [1.82, 2.24) is 9.97 Å². The van der Waals surface area contributed by atoms with Gasteiger partial charge >= 0.3 is 0 Å². The minimum atomic E-state index is -0.911. The Kier molecular flexibility index (Phi) is 8.19. The fourth-order valence-electron chi connectivity index (χ4n) is 8.93. The SMILES string of the molecule is CCC1(CC)c2ccccc2-c2c1c1c(c3ccccc23)OC(c2ccc(-c3nc(OC)cc(OC)n3)cc2)(c2ccc(N3CCOCC3)cc2)C=C1. The number of rotatable bonds is 8. The fourth-order valence-corrected chi connectivity index (χ4v) is 8.93. The van der Waals surface area contributed by atoms with Gasteiger partial charge in [0.2, 0.25) is 11.8 Å². The van der Waals surface area contributed by atoms with Crippen molar-refractivity contribution in [2.75, 3.05) is 45.4 Å². The van der Waals surface area contributed by atoms with Gasteiger partial charge in [0, 0.05) is 51.8 Å². The molecule has 266 valence electrons. The van der Waals surface area contributed by atoms with E-state index in [4.69, 9.17) is 18.9 Å². The molecule has 2 aliphatic heterocycles. The number of methoxy groups -OCH3 is 2. The molecule has 6 aromatic rings. The summed E-state index contributed by atoms with van der Waals surface area (Å²) in [4.78, 5) is 11.6. The molecule has 0 saturated carbocycles. The summed E-state index contributed by atoms with van der Waals surface area (Å²) in [5, 5.41) is 2.34. The van der Waals surface area contributed by atoms with E-state index in [0.717, 1.165) is 67.0 Å². The fraction of sp³-hybridized carbons (Fsp3) is 0.261. The van der Waals surface area contributed by atoms with Crippen LogP contribution in [0.4, 0.5) is 5.69 Å². The lowest BCUT2D eigenvalue weighted by Crippen LogP contribution is -2.37. The molecule has 9 rings (SSSR count). The highest BCUT2D eigenvalue weighted by molar-refractivity contribution is 6.08. The van der Waals surface area contributed by atoms with Gasteiger partial charge in [0.15, 0.2) is 11.4 Å². The highest BCUT2D eigenvalue weighted by Crippen LogP contribution is 2.60. The zero-order valence-electron chi connectivity index (χ0n) is 30.7. The first-order valence-corrected chi connectivity index (χ1v) is 18.6. The van der Waals surface area contributed by atoms with Crippen molar-refractivity contribution in [3.05, 3.63) is 137 Å². The van der Waals surface area contributed by atoms with E-state index in [1.165, 1.54) is 38.9 Å². The van der Waals surface area contributed by atoms with Gasteiger partial charge in [-0.25, -0.2) is 0 Å². The van der Waals surface area contributed by atoms with Crippen LogP contribution in [0.5, 0.6) is 17.5 Å². The van der Waals surface area contributed by atoms with Crippen molar-refractivity contribution in [3.63, 3.8) is 0 Å². The molecule has 53 heavy (non-hydrogen) atoms. The van der Waals surface area contributed by atoms with E-state index in [2.05, 4.69) is 138 Å². The summed E-state index contributed by atoms with van der Waals surface area (Å²) >= 11 is 0. The molecular weight excluding hydrogens is 659 g/mol. The molecule has 1 saturated heterocycles. The number of ether oxygens (including phenoxy) is 4. The summed E-state index contributed by atoms with van der Waals surface area (Å²) in [5.41, 5.74) is 9.69. The van der Waals surface area contributed by atoms with Gasteiger partial charge in [-0.3, -0.25) is 0 Å². The van der Waals surface area contributed by atoms with Crippen molar-refractivity contribution in [2.24, 2.45) is 0 Å². The van der Waals surface area contributed by atoms with Crippen molar-refractivity contribution in [3.8, 4) is 40.0 Å². The molecule has 1 fully saturated rings. The Labute approximate surface area is 310 Å². The molecule has 0 amide bonds. The second kappa shape index (κ2) is 13.1. The molecule has 1 unspecified atom stereocenters. The Balaban J connectivity index is 1.24. The van der Waals surface area contributed by atoms with Crippen LogP contribution in [0.1, 0.15) is 54.5 Å². The highest BCUT2D eigenvalue weighted by Gasteiger charge is 2.46. The highest BCUT2D eigenvalue weighted by atomic mass is 16.5. The molecule has 7 heteroatoms. The van der Waals surface area contributed by atoms with Crippen molar-refractivity contribution >= 4 is 22.5 Å². The zero-order chi connectivity index (χ0) is 36.2. The van der Waals surface area contributed by atoms with Crippen LogP contribution >= 0.6 is 0 Å². The van der Waals surface area contributed by atoms with Crippen LogP contribution < -0.4 is 19.1 Å². The predicted molar refractivity (Wildman–Crippen MR) is 211 cm³/mol. The summed E-state index contributed by atoms with van der Waals surface area (Å²) in [6.07, 6.45) is 6.61. The number of aromatic nitrogens is 2. The first kappa shape index (κ1) is 33.2. The zero-order valence-corrected chi connectivity index (χ0v) is 30.7. The third-order valence-electron chi connectivity index (χ3n) is 11.7. The Morgan fingerprint density at radius 3 is 2.02 bits per heavy atom. The number of nitrogens with zero attached hydrogens (tertiary/aromatic N) is 3. The molecule has 1 aliphatic carbocycles. The third-order valence-corrected chi connectivity index (χ3v) is 11.7. The van der Waals surface area contributed by atoms with Gasteiger partial charge < -0.3 is 23.8 Å². The molecule has 3 aliphatic rings. The quantitative estimate of drug-likeness (QED) is 0.157. The van der Waals surface area contributed by atoms with Crippen molar-refractivity contribution in [2.45, 2.75) is 37.7 Å². The Morgan fingerprint density at radius 1 is 0.736 bits per heavy atom. The Hall–Kier alpha value is -5.66. The van der Waals surface area contributed by atoms with Gasteiger partial charge in [-0.15, -0.1) is 0 Å². The van der Waals surface area contributed by atoms with Gasteiger partial charge in [0.1, 0.15) is 5.75 Å². The van der Waals surface area contributed by atoms with Crippen LogP contribution in [0.3, 0.4) is 0 Å². The summed E-state index contributed by atoms with van der Waals surface area (Å²) in [5.74, 6) is 2.33. The van der Waals surface area contributed by atoms with Crippen LogP contribution in [-0.4, -0.2) is 50.5 Å². The maximum atomic E-state index is 7.62. The number of hydrogen-bond acceptors (Lipinski definition) is 7. The number of benzene rings is 5. The lowest BCUT2D eigenvalue weighted by atomic mass is 9.71. The lowest BCUT2D eigenvalue weighted by molar-refractivity contribution is 0.122. The van der Waals surface area contributed by atoms with Gasteiger partial charge in [-0.2, -0.15) is 9.97 Å². The van der Waals surface area contributed by atoms with Gasteiger partial charge in [0.05, 0.1) is 33.5 Å². The maximum Gasteiger partial charge on any atom is 0.220 e. The van der Waals surface area contributed by atoms with Crippen LogP contribution in [0, 0.1) is 0 Å². The van der Waals surface area contributed by atoms with Crippen LogP contribution in [0.25, 0.3) is 39.4 Å². The molecule has 7 nitrogen and oxygen atoms in total. The average molecular weight is 702 g/mol. The number of hydrogen-bond donors (Lipinski definition) is 0. The number of anilines is 1. The average Bonchev–Trinajstić information content (AvgIpc) is 3.54. The minimum absolute atomic E-state index is 0.118. The maximum absolute atomic E-state index is 7.62. The number of fused-ring (bicyclic) bond motifs is 8. The predicted octanol–water partition coefficient (Wildman–Crippen LogP) is 9.59. The van der Waals surface area contributed by atoms with E-state index in [0.29, 0.717) is 17.6 Å². The first-order valence-electron chi connectivity index (χ1n) is 18.6. The summed E-state index contributed by atoms with van der Waals surface area (Å²) < 4.78 is 24.2. The third kappa shape index (κ3) is 5.12. The molecule has 0 radical (unpaired) electrons. The molecule has 5 aromatic carbocycles. The molecule has 1 atom stereocenters. The van der Waals surface area contributed by atoms with Gasteiger partial charge in [0.25, 0.3) is 0 Å². The van der Waals surface area contributed by atoms with Crippen molar-refractivity contribution in [1.29, 1.82) is 0 Å². The molecule has 1 aromatic heterocycles. The molecular formula is C46H43N3O4. The smallest absolute Gasteiger partial charge is 0.220 e. The van der Waals surface area contributed by atoms with Crippen LogP contribution in [0.15, 0.2) is 109 Å². The first-order chi connectivity index (χ1) is 26.0. The van der Waals surface area contributed by atoms with E-state index in [1.807, 2.05) is 0 Å². The molecule has 0 spiro atoms. The van der Waals surface area contributed by atoms with Crippen LogP contribution in [-0.2, 0) is 15.8 Å². The summed E-state index contributed by atoms with van der Waals surface area (Å²) in [7, 11) is 3.19. The standard InChI is InChI=1S/C46H43N3O4/c1-5-45(6-2)38-14-10-9-13-36(38)41-34-11-7-8-12-35(34)43-37(42(41)45)23-24-46(53-43,32-19-21-33(22-20-32)49-25-27-52-28-26-49)31-17-15-30(16-18-31)44-47-39(50-3)29-40(48-44)51-4/h7-24,29H,5-6,25-28H2,1-4H3. The van der Waals surface area contributed by atoms with E-state index in [1.54, 1.807) is 20.3 Å². The topological polar surface area (TPSA) is 65.9 Å². The van der Waals surface area contributed by atoms with E-state index in [-0.39, 0.29) is 5.41 Å². The van der Waals surface area contributed by atoms with Gasteiger partial charge in [-0.05, 0) is 58.7 Å². The minimum Gasteiger partial charge on any atom is -0.481 e. The summed E-state index contributed by atoms with van der Waals surface area (Å²) in [6.45, 7) is 7.89. The normalized spacial score (nSPS) is 18.2. The molecule has 3 heterocycles. The monoisotopic (exact) mass is 701 g/mol. The van der Waals surface area contributed by atoms with E-state index >= 15 is 0 Å². The van der Waals surface area contributed by atoms with Gasteiger partial charge in [-0.1, -0.05) is 105 Å². The van der Waals surface area contributed by atoms with Crippen LogP contribution in [0.2, 0.25) is 0 Å². The summed E-state index contributed by atoms with van der Waals surface area (Å²) in [6, 6.07) is 36.7. The van der Waals surface area contributed by atoms with Crippen molar-refractivity contribution < 1.29 is 18.9 Å². The Bertz CT molecular complexity index is 2340. The van der Waals surface area contributed by atoms with E-state index < -0.39 is 5.60 Å². The molecule has 0 bridgehead atoms. The second-order valence-corrected chi connectivity index (χ2v) is 14.0. The molecule has 0 N–H and O–H groups in total. The number of morpholine rings is 1. The lowest BCUT2D eigenvalue weighted by Gasteiger charge is -2.39. The largest absolute Gasteiger partial charge is 0.481 e.